The fraction of sp³-hybridized carbons (Fsp3) is 0.938. The Bertz CT molecular complexity index is 811. The number of rotatable bonds is 43. The molecule has 0 spiro atoms. The van der Waals surface area contributed by atoms with Crippen LogP contribution >= 0.6 is 0 Å². The van der Waals surface area contributed by atoms with Crippen molar-refractivity contribution in [1.82, 2.24) is 0 Å². The van der Waals surface area contributed by atoms with E-state index in [2.05, 4.69) is 27.7 Å². The van der Waals surface area contributed by atoms with Gasteiger partial charge in [-0.1, -0.05) is 227 Å². The van der Waals surface area contributed by atoms with Crippen molar-refractivity contribution in [2.45, 2.75) is 271 Å². The molecule has 0 fully saturated rings. The fourth-order valence-electron chi connectivity index (χ4n) is 7.16. The highest BCUT2D eigenvalue weighted by atomic mass is 16.6. The molecule has 0 aromatic heterocycles. The molecular formula is C48H92O6. The van der Waals surface area contributed by atoms with Gasteiger partial charge in [-0.3, -0.25) is 14.4 Å². The second-order valence-corrected chi connectivity index (χ2v) is 16.9. The van der Waals surface area contributed by atoms with E-state index in [0.717, 1.165) is 63.7 Å². The highest BCUT2D eigenvalue weighted by molar-refractivity contribution is 5.71. The van der Waals surface area contributed by atoms with Gasteiger partial charge in [-0.2, -0.15) is 0 Å². The van der Waals surface area contributed by atoms with Gasteiger partial charge in [0.05, 0.1) is 0 Å². The average molecular weight is 765 g/mol. The number of carbonyl (C=O) groups is 3. The quantitative estimate of drug-likeness (QED) is 0.0349. The molecule has 0 rings (SSSR count). The van der Waals surface area contributed by atoms with Crippen molar-refractivity contribution in [3.63, 3.8) is 0 Å². The lowest BCUT2D eigenvalue weighted by atomic mass is 10.0. The van der Waals surface area contributed by atoms with Gasteiger partial charge in [0.15, 0.2) is 6.10 Å². The van der Waals surface area contributed by atoms with Crippen molar-refractivity contribution in [2.75, 3.05) is 13.2 Å². The molecule has 320 valence electrons. The topological polar surface area (TPSA) is 78.9 Å². The zero-order valence-corrected chi connectivity index (χ0v) is 36.7. The lowest BCUT2D eigenvalue weighted by Crippen LogP contribution is -2.30. The summed E-state index contributed by atoms with van der Waals surface area (Å²) < 4.78 is 16.7. The number of hydrogen-bond donors (Lipinski definition) is 0. The maximum absolute atomic E-state index is 12.6. The van der Waals surface area contributed by atoms with E-state index in [1.165, 1.54) is 161 Å². The van der Waals surface area contributed by atoms with E-state index in [1.54, 1.807) is 0 Å². The molecular weight excluding hydrogens is 673 g/mol. The normalized spacial score (nSPS) is 11.9. The molecule has 6 heteroatoms. The summed E-state index contributed by atoms with van der Waals surface area (Å²) >= 11 is 0. The van der Waals surface area contributed by atoms with Gasteiger partial charge < -0.3 is 14.2 Å². The van der Waals surface area contributed by atoms with Crippen LogP contribution in [0.15, 0.2) is 0 Å². The van der Waals surface area contributed by atoms with E-state index >= 15 is 0 Å². The van der Waals surface area contributed by atoms with E-state index in [9.17, 15) is 14.4 Å². The Hall–Kier alpha value is -1.59. The molecule has 0 aromatic rings. The second-order valence-electron chi connectivity index (χ2n) is 16.9. The highest BCUT2D eigenvalue weighted by Crippen LogP contribution is 2.16. The summed E-state index contributed by atoms with van der Waals surface area (Å²) in [4.78, 5) is 37.6. The zero-order valence-electron chi connectivity index (χ0n) is 36.7. The third-order valence-electron chi connectivity index (χ3n) is 10.8. The summed E-state index contributed by atoms with van der Waals surface area (Å²) in [5.41, 5.74) is 0. The second kappa shape index (κ2) is 42.6. The molecule has 0 radical (unpaired) electrons. The van der Waals surface area contributed by atoms with Crippen LogP contribution in [-0.4, -0.2) is 37.2 Å². The maximum Gasteiger partial charge on any atom is 0.306 e. The van der Waals surface area contributed by atoms with Gasteiger partial charge in [-0.25, -0.2) is 0 Å². The Kier molecular flexibility index (Phi) is 41.3. The SMILES string of the molecule is CCCCCCCCCCCCCCCCCCCCCC(=O)OC[C@H](COC(=O)CCCCCCCCCC(C)C)OC(=O)CCCCCCCCC. The predicted molar refractivity (Wildman–Crippen MR) is 229 cm³/mol. The molecule has 0 bridgehead atoms. The monoisotopic (exact) mass is 765 g/mol. The lowest BCUT2D eigenvalue weighted by Gasteiger charge is -2.18. The Morgan fingerprint density at radius 1 is 0.352 bits per heavy atom. The van der Waals surface area contributed by atoms with Crippen LogP contribution in [-0.2, 0) is 28.6 Å². The molecule has 0 aromatic carbocycles. The van der Waals surface area contributed by atoms with E-state index in [1.807, 2.05) is 0 Å². The van der Waals surface area contributed by atoms with Gasteiger partial charge in [0.25, 0.3) is 0 Å². The summed E-state index contributed by atoms with van der Waals surface area (Å²) in [5.74, 6) is -0.0801. The first kappa shape index (κ1) is 52.4. The van der Waals surface area contributed by atoms with Crippen molar-refractivity contribution in [3.8, 4) is 0 Å². The minimum absolute atomic E-state index is 0.0647. The average Bonchev–Trinajstić information content (AvgIpc) is 3.15. The maximum atomic E-state index is 12.6. The highest BCUT2D eigenvalue weighted by Gasteiger charge is 2.19. The van der Waals surface area contributed by atoms with Crippen molar-refractivity contribution < 1.29 is 28.6 Å². The van der Waals surface area contributed by atoms with Gasteiger partial charge in [0.1, 0.15) is 13.2 Å². The van der Waals surface area contributed by atoms with Gasteiger partial charge >= 0.3 is 17.9 Å². The zero-order chi connectivity index (χ0) is 39.6. The van der Waals surface area contributed by atoms with Crippen molar-refractivity contribution in [2.24, 2.45) is 5.92 Å². The molecule has 0 N–H and O–H groups in total. The van der Waals surface area contributed by atoms with Crippen LogP contribution in [0.4, 0.5) is 0 Å². The summed E-state index contributed by atoms with van der Waals surface area (Å²) in [6, 6.07) is 0. The molecule has 54 heavy (non-hydrogen) atoms. The van der Waals surface area contributed by atoms with Gasteiger partial charge in [0, 0.05) is 19.3 Å². The van der Waals surface area contributed by atoms with Crippen LogP contribution in [0.1, 0.15) is 265 Å². The Labute approximate surface area is 336 Å². The molecule has 0 aliphatic rings. The summed E-state index contributed by atoms with van der Waals surface area (Å²) in [6.07, 6.45) is 42.6. The first-order valence-corrected chi connectivity index (χ1v) is 23.9. The molecule has 6 nitrogen and oxygen atoms in total. The van der Waals surface area contributed by atoms with Crippen LogP contribution in [0.25, 0.3) is 0 Å². The molecule has 0 saturated carbocycles. The number of ether oxygens (including phenoxy) is 3. The van der Waals surface area contributed by atoms with Crippen LogP contribution in [0.5, 0.6) is 0 Å². The number of carbonyl (C=O) groups excluding carboxylic acids is 3. The van der Waals surface area contributed by atoms with Crippen LogP contribution in [0, 0.1) is 5.92 Å². The van der Waals surface area contributed by atoms with Gasteiger partial charge in [0.2, 0.25) is 0 Å². The smallest absolute Gasteiger partial charge is 0.306 e. The third kappa shape index (κ3) is 41.6. The van der Waals surface area contributed by atoms with Crippen LogP contribution in [0.2, 0.25) is 0 Å². The standard InChI is InChI=1S/C48H92O6/c1-5-7-9-11-13-14-15-16-17-18-19-20-21-22-23-24-28-31-35-39-46(49)52-42-45(54-48(51)41-37-33-26-12-10-8-6-2)43-53-47(50)40-36-32-29-25-27-30-34-38-44(3)4/h44-45H,5-43H2,1-4H3/t45-/m1/s1. The minimum Gasteiger partial charge on any atom is -0.462 e. The molecule has 0 unspecified atom stereocenters. The van der Waals surface area contributed by atoms with Gasteiger partial charge in [-0.05, 0) is 25.2 Å². The van der Waals surface area contributed by atoms with Crippen LogP contribution < -0.4 is 0 Å². The van der Waals surface area contributed by atoms with E-state index in [4.69, 9.17) is 14.2 Å². The molecule has 0 heterocycles. The Morgan fingerprint density at radius 3 is 0.907 bits per heavy atom. The minimum atomic E-state index is -0.758. The lowest BCUT2D eigenvalue weighted by molar-refractivity contribution is -0.167. The summed E-state index contributed by atoms with van der Waals surface area (Å²) in [6.45, 7) is 8.92. The van der Waals surface area contributed by atoms with E-state index in [0.29, 0.717) is 19.3 Å². The fourth-order valence-corrected chi connectivity index (χ4v) is 7.16. The first-order valence-electron chi connectivity index (χ1n) is 23.9. The van der Waals surface area contributed by atoms with Crippen LogP contribution in [0.3, 0.4) is 0 Å². The number of esters is 3. The first-order chi connectivity index (χ1) is 26.4. The predicted octanol–water partition coefficient (Wildman–Crippen LogP) is 15.1. The number of unbranched alkanes of at least 4 members (excludes halogenated alkanes) is 30. The summed E-state index contributed by atoms with van der Waals surface area (Å²) in [7, 11) is 0. The largest absolute Gasteiger partial charge is 0.462 e. The van der Waals surface area contributed by atoms with Gasteiger partial charge in [-0.15, -0.1) is 0 Å². The summed E-state index contributed by atoms with van der Waals surface area (Å²) in [5, 5.41) is 0. The molecule has 0 amide bonds. The van der Waals surface area contributed by atoms with E-state index in [-0.39, 0.29) is 31.1 Å². The Morgan fingerprint density at radius 2 is 0.611 bits per heavy atom. The molecule has 1 atom stereocenters. The Balaban J connectivity index is 4.13. The van der Waals surface area contributed by atoms with E-state index < -0.39 is 6.10 Å². The van der Waals surface area contributed by atoms with Crippen molar-refractivity contribution in [1.29, 1.82) is 0 Å². The number of hydrogen-bond acceptors (Lipinski definition) is 6. The molecule has 0 aliphatic heterocycles. The third-order valence-corrected chi connectivity index (χ3v) is 10.8. The van der Waals surface area contributed by atoms with Crippen molar-refractivity contribution >= 4 is 17.9 Å². The molecule has 0 saturated heterocycles. The molecule has 0 aliphatic carbocycles. The van der Waals surface area contributed by atoms with Crippen molar-refractivity contribution in [3.05, 3.63) is 0 Å².